The van der Waals surface area contributed by atoms with Crippen molar-refractivity contribution >= 4 is 5.97 Å². The quantitative estimate of drug-likeness (QED) is 0.803. The first kappa shape index (κ1) is 14.4. The molecule has 0 amide bonds. The van der Waals surface area contributed by atoms with Gasteiger partial charge in [0.05, 0.1) is 23.9 Å². The number of carbonyl (C=O) groups is 1. The van der Waals surface area contributed by atoms with E-state index in [1.54, 1.807) is 4.68 Å². The SMILES string of the molecule is NCCc1c(C(=O)O)nnn1C1CCOC2(CCOC2)C1. The second-order valence-electron chi connectivity index (χ2n) is 5.65. The highest BCUT2D eigenvalue weighted by Crippen LogP contribution is 2.38. The Balaban J connectivity index is 1.87. The Hall–Kier alpha value is -1.51. The van der Waals surface area contributed by atoms with Crippen LogP contribution < -0.4 is 5.73 Å². The van der Waals surface area contributed by atoms with Crippen LogP contribution in [0.15, 0.2) is 0 Å². The van der Waals surface area contributed by atoms with Gasteiger partial charge in [0.1, 0.15) is 0 Å². The fourth-order valence-corrected chi connectivity index (χ4v) is 3.22. The molecule has 8 nitrogen and oxygen atoms in total. The highest BCUT2D eigenvalue weighted by Gasteiger charge is 2.42. The zero-order valence-corrected chi connectivity index (χ0v) is 11.8. The van der Waals surface area contributed by atoms with Crippen molar-refractivity contribution in [2.45, 2.75) is 37.3 Å². The van der Waals surface area contributed by atoms with Gasteiger partial charge in [-0.3, -0.25) is 0 Å². The molecular weight excluding hydrogens is 276 g/mol. The third kappa shape index (κ3) is 2.66. The van der Waals surface area contributed by atoms with E-state index in [1.165, 1.54) is 0 Å². The number of nitrogens with zero attached hydrogens (tertiary/aromatic N) is 3. The van der Waals surface area contributed by atoms with Gasteiger partial charge in [-0.05, 0) is 13.0 Å². The summed E-state index contributed by atoms with van der Waals surface area (Å²) in [6.45, 7) is 2.29. The molecule has 116 valence electrons. The van der Waals surface area contributed by atoms with E-state index >= 15 is 0 Å². The number of rotatable bonds is 4. The van der Waals surface area contributed by atoms with E-state index in [9.17, 15) is 9.90 Å². The maximum atomic E-state index is 11.2. The van der Waals surface area contributed by atoms with Crippen LogP contribution in [-0.4, -0.2) is 58.0 Å². The molecule has 3 heterocycles. The number of ether oxygens (including phenoxy) is 2. The fraction of sp³-hybridized carbons (Fsp3) is 0.769. The molecule has 0 radical (unpaired) electrons. The maximum Gasteiger partial charge on any atom is 0.358 e. The van der Waals surface area contributed by atoms with E-state index in [2.05, 4.69) is 10.3 Å². The Bertz CT molecular complexity index is 524. The van der Waals surface area contributed by atoms with E-state index in [0.29, 0.717) is 38.5 Å². The van der Waals surface area contributed by atoms with Crippen LogP contribution in [0.5, 0.6) is 0 Å². The van der Waals surface area contributed by atoms with Gasteiger partial charge in [-0.1, -0.05) is 5.21 Å². The number of hydrogen-bond donors (Lipinski definition) is 2. The lowest BCUT2D eigenvalue weighted by Crippen LogP contribution is -2.41. The Morgan fingerprint density at radius 2 is 2.38 bits per heavy atom. The zero-order valence-electron chi connectivity index (χ0n) is 11.8. The molecule has 0 saturated carbocycles. The molecule has 2 fully saturated rings. The minimum absolute atomic E-state index is 0.00339. The molecule has 1 aromatic rings. The molecule has 3 N–H and O–H groups in total. The normalized spacial score (nSPS) is 29.1. The van der Waals surface area contributed by atoms with Crippen LogP contribution >= 0.6 is 0 Å². The number of aromatic nitrogens is 3. The predicted octanol–water partition coefficient (Wildman–Crippen LogP) is -0.0119. The van der Waals surface area contributed by atoms with Crippen molar-refractivity contribution in [3.8, 4) is 0 Å². The summed E-state index contributed by atoms with van der Waals surface area (Å²) in [5, 5.41) is 17.1. The van der Waals surface area contributed by atoms with Gasteiger partial charge in [-0.2, -0.15) is 0 Å². The third-order valence-electron chi connectivity index (χ3n) is 4.25. The molecule has 0 aliphatic carbocycles. The first-order valence-electron chi connectivity index (χ1n) is 7.24. The molecule has 0 bridgehead atoms. The van der Waals surface area contributed by atoms with Crippen LogP contribution in [0, 0.1) is 0 Å². The summed E-state index contributed by atoms with van der Waals surface area (Å²) in [6.07, 6.45) is 2.89. The maximum absolute atomic E-state index is 11.2. The second kappa shape index (κ2) is 5.70. The van der Waals surface area contributed by atoms with Crippen molar-refractivity contribution in [2.24, 2.45) is 5.73 Å². The number of carboxylic acids is 1. The van der Waals surface area contributed by atoms with Crippen LogP contribution in [0.1, 0.15) is 41.5 Å². The number of aromatic carboxylic acids is 1. The van der Waals surface area contributed by atoms with Crippen molar-refractivity contribution in [1.82, 2.24) is 15.0 Å². The van der Waals surface area contributed by atoms with Crippen LogP contribution in [0.2, 0.25) is 0 Å². The number of carboxylic acid groups (broad SMARTS) is 1. The molecule has 0 aromatic carbocycles. The molecule has 2 saturated heterocycles. The average molecular weight is 296 g/mol. The van der Waals surface area contributed by atoms with Crippen molar-refractivity contribution in [2.75, 3.05) is 26.4 Å². The van der Waals surface area contributed by atoms with E-state index in [1.807, 2.05) is 0 Å². The van der Waals surface area contributed by atoms with Crippen molar-refractivity contribution in [3.63, 3.8) is 0 Å². The summed E-state index contributed by atoms with van der Waals surface area (Å²) >= 11 is 0. The molecule has 1 aromatic heterocycles. The smallest absolute Gasteiger partial charge is 0.358 e. The van der Waals surface area contributed by atoms with Gasteiger partial charge in [-0.25, -0.2) is 9.48 Å². The molecule has 8 heteroatoms. The number of hydrogen-bond acceptors (Lipinski definition) is 6. The molecule has 3 rings (SSSR count). The molecule has 1 spiro atoms. The van der Waals surface area contributed by atoms with Crippen LogP contribution in [0.3, 0.4) is 0 Å². The standard InChI is InChI=1S/C13H20N4O4/c14-4-1-10-11(12(18)19)15-16-17(10)9-2-5-21-13(7-9)3-6-20-8-13/h9H,1-8,14H2,(H,18,19). The van der Waals surface area contributed by atoms with Gasteiger partial charge >= 0.3 is 5.97 Å². The summed E-state index contributed by atoms with van der Waals surface area (Å²) in [6, 6.07) is 0.0857. The lowest BCUT2D eigenvalue weighted by Gasteiger charge is -2.37. The number of nitrogens with two attached hydrogens (primary N) is 1. The summed E-state index contributed by atoms with van der Waals surface area (Å²) in [5.74, 6) is -1.06. The van der Waals surface area contributed by atoms with Gasteiger partial charge in [0.15, 0.2) is 5.69 Å². The summed E-state index contributed by atoms with van der Waals surface area (Å²) in [7, 11) is 0. The lowest BCUT2D eigenvalue weighted by molar-refractivity contribution is -0.0967. The molecule has 2 atom stereocenters. The average Bonchev–Trinajstić information content (AvgIpc) is 3.07. The molecule has 2 aliphatic rings. The van der Waals surface area contributed by atoms with Crippen molar-refractivity contribution in [3.05, 3.63) is 11.4 Å². The van der Waals surface area contributed by atoms with Crippen molar-refractivity contribution in [1.29, 1.82) is 0 Å². The first-order chi connectivity index (χ1) is 10.2. The zero-order chi connectivity index (χ0) is 14.9. The van der Waals surface area contributed by atoms with E-state index < -0.39 is 5.97 Å². The molecule has 21 heavy (non-hydrogen) atoms. The first-order valence-corrected chi connectivity index (χ1v) is 7.24. The van der Waals surface area contributed by atoms with E-state index in [0.717, 1.165) is 19.3 Å². The van der Waals surface area contributed by atoms with E-state index in [-0.39, 0.29) is 17.3 Å². The minimum atomic E-state index is -1.06. The molecule has 2 unspecified atom stereocenters. The highest BCUT2D eigenvalue weighted by molar-refractivity contribution is 5.86. The molecular formula is C13H20N4O4. The highest BCUT2D eigenvalue weighted by atomic mass is 16.6. The van der Waals surface area contributed by atoms with Crippen LogP contribution in [0.25, 0.3) is 0 Å². The van der Waals surface area contributed by atoms with Gasteiger partial charge in [0.2, 0.25) is 0 Å². The van der Waals surface area contributed by atoms with Crippen LogP contribution in [0.4, 0.5) is 0 Å². The Morgan fingerprint density at radius 1 is 1.52 bits per heavy atom. The van der Waals surface area contributed by atoms with Gasteiger partial charge in [0.25, 0.3) is 0 Å². The van der Waals surface area contributed by atoms with Gasteiger partial charge < -0.3 is 20.3 Å². The Labute approximate surface area is 122 Å². The summed E-state index contributed by atoms with van der Waals surface area (Å²) < 4.78 is 13.1. The second-order valence-corrected chi connectivity index (χ2v) is 5.65. The van der Waals surface area contributed by atoms with Crippen LogP contribution in [-0.2, 0) is 15.9 Å². The third-order valence-corrected chi connectivity index (χ3v) is 4.25. The Kier molecular flexibility index (Phi) is 3.92. The monoisotopic (exact) mass is 296 g/mol. The van der Waals surface area contributed by atoms with Gasteiger partial charge in [0, 0.05) is 32.5 Å². The summed E-state index contributed by atoms with van der Waals surface area (Å²) in [5.41, 5.74) is 5.95. The minimum Gasteiger partial charge on any atom is -0.476 e. The fourth-order valence-electron chi connectivity index (χ4n) is 3.22. The Morgan fingerprint density at radius 3 is 3.05 bits per heavy atom. The predicted molar refractivity (Wildman–Crippen MR) is 72.1 cm³/mol. The molecule has 2 aliphatic heterocycles. The lowest BCUT2D eigenvalue weighted by atomic mass is 9.89. The van der Waals surface area contributed by atoms with Crippen molar-refractivity contribution < 1.29 is 19.4 Å². The largest absolute Gasteiger partial charge is 0.476 e. The van der Waals surface area contributed by atoms with Gasteiger partial charge in [-0.15, -0.1) is 5.10 Å². The van der Waals surface area contributed by atoms with E-state index in [4.69, 9.17) is 15.2 Å². The summed E-state index contributed by atoms with van der Waals surface area (Å²) in [4.78, 5) is 11.2. The topological polar surface area (TPSA) is 112 Å².